The van der Waals surface area contributed by atoms with Gasteiger partial charge < -0.3 is 15.1 Å². The summed E-state index contributed by atoms with van der Waals surface area (Å²) in [6.45, 7) is 0.589. The quantitative estimate of drug-likeness (QED) is 0.859. The van der Waals surface area contributed by atoms with Gasteiger partial charge in [-0.05, 0) is 18.9 Å². The van der Waals surface area contributed by atoms with Gasteiger partial charge in [0.25, 0.3) is 0 Å². The lowest BCUT2D eigenvalue weighted by atomic mass is 10.2. The van der Waals surface area contributed by atoms with Crippen LogP contribution in [0.2, 0.25) is 5.02 Å². The monoisotopic (exact) mass is 270 g/mol. The van der Waals surface area contributed by atoms with Crippen LogP contribution in [0.1, 0.15) is 31.2 Å². The van der Waals surface area contributed by atoms with E-state index in [9.17, 15) is 10.2 Å². The topological polar surface area (TPSA) is 56.6 Å². The molecule has 1 aliphatic carbocycles. The number of aliphatic hydroxyl groups is 2. The normalized spacial score (nSPS) is 16.2. The maximum Gasteiger partial charge on any atom is 0.129 e. The third-order valence-corrected chi connectivity index (χ3v) is 3.83. The highest BCUT2D eigenvalue weighted by Gasteiger charge is 2.23. The Bertz CT molecular complexity index is 395. The molecule has 1 aliphatic rings. The molecule has 0 saturated heterocycles. The van der Waals surface area contributed by atoms with E-state index in [1.807, 2.05) is 6.07 Å². The first kappa shape index (κ1) is 13.6. The molecule has 0 amide bonds. The molecule has 0 radical (unpaired) electrons. The van der Waals surface area contributed by atoms with E-state index in [1.54, 1.807) is 6.20 Å². The van der Waals surface area contributed by atoms with E-state index >= 15 is 0 Å². The molecule has 0 atom stereocenters. The van der Waals surface area contributed by atoms with Crippen molar-refractivity contribution in [2.24, 2.45) is 0 Å². The molecule has 1 fully saturated rings. The van der Waals surface area contributed by atoms with Crippen LogP contribution in [0.4, 0.5) is 5.82 Å². The van der Waals surface area contributed by atoms with E-state index in [1.165, 1.54) is 12.8 Å². The molecule has 1 aromatic heterocycles. The molecular weight excluding hydrogens is 252 g/mol. The van der Waals surface area contributed by atoms with Crippen molar-refractivity contribution in [3.05, 3.63) is 22.8 Å². The third-order valence-electron chi connectivity index (χ3n) is 3.49. The Morgan fingerprint density at radius 2 is 2.06 bits per heavy atom. The van der Waals surface area contributed by atoms with Gasteiger partial charge in [-0.25, -0.2) is 4.98 Å². The van der Waals surface area contributed by atoms with E-state index < -0.39 is 0 Å². The zero-order chi connectivity index (χ0) is 13.0. The van der Waals surface area contributed by atoms with Gasteiger partial charge >= 0.3 is 0 Å². The molecule has 1 heterocycles. The summed E-state index contributed by atoms with van der Waals surface area (Å²) >= 11 is 5.95. The second-order valence-corrected chi connectivity index (χ2v) is 5.05. The molecule has 0 unspecified atom stereocenters. The Labute approximate surface area is 112 Å². The predicted molar refractivity (Wildman–Crippen MR) is 71.9 cm³/mol. The first-order valence-electron chi connectivity index (χ1n) is 6.39. The number of halogens is 1. The zero-order valence-electron chi connectivity index (χ0n) is 10.3. The Hall–Kier alpha value is -0.840. The first-order valence-corrected chi connectivity index (χ1v) is 6.77. The number of pyridine rings is 1. The van der Waals surface area contributed by atoms with Crippen LogP contribution >= 0.6 is 11.6 Å². The fraction of sp³-hybridized carbons (Fsp3) is 0.615. The molecule has 1 saturated carbocycles. The van der Waals surface area contributed by atoms with Crippen LogP contribution in [0, 0.1) is 0 Å². The van der Waals surface area contributed by atoms with Crippen molar-refractivity contribution in [2.45, 2.75) is 38.3 Å². The molecule has 18 heavy (non-hydrogen) atoms. The average molecular weight is 271 g/mol. The summed E-state index contributed by atoms with van der Waals surface area (Å²) in [4.78, 5) is 6.45. The van der Waals surface area contributed by atoms with Crippen molar-refractivity contribution in [3.8, 4) is 0 Å². The second kappa shape index (κ2) is 6.36. The number of aromatic nitrogens is 1. The molecule has 1 aromatic rings. The highest BCUT2D eigenvalue weighted by molar-refractivity contribution is 6.31. The summed E-state index contributed by atoms with van der Waals surface area (Å²) in [6, 6.07) is 2.26. The minimum absolute atomic E-state index is 0.0913. The number of aliphatic hydroxyl groups excluding tert-OH is 2. The van der Waals surface area contributed by atoms with Crippen molar-refractivity contribution >= 4 is 17.4 Å². The lowest BCUT2D eigenvalue weighted by Gasteiger charge is -2.29. The highest BCUT2D eigenvalue weighted by atomic mass is 35.5. The Kier molecular flexibility index (Phi) is 4.80. The van der Waals surface area contributed by atoms with Crippen LogP contribution in [0.5, 0.6) is 0 Å². The Morgan fingerprint density at radius 1 is 1.33 bits per heavy atom. The van der Waals surface area contributed by atoms with Crippen molar-refractivity contribution in [2.75, 3.05) is 18.1 Å². The SMILES string of the molecule is OCCN(c1cc(CO)c(Cl)cn1)C1CCCC1. The van der Waals surface area contributed by atoms with Crippen LogP contribution in [0.15, 0.2) is 12.3 Å². The number of hydrogen-bond donors (Lipinski definition) is 2. The van der Waals surface area contributed by atoms with Gasteiger partial charge in [-0.3, -0.25) is 0 Å². The van der Waals surface area contributed by atoms with E-state index in [0.717, 1.165) is 18.7 Å². The molecule has 0 aliphatic heterocycles. The Balaban J connectivity index is 2.23. The van der Waals surface area contributed by atoms with Gasteiger partial charge in [0.05, 0.1) is 18.2 Å². The smallest absolute Gasteiger partial charge is 0.129 e. The fourth-order valence-corrected chi connectivity index (χ4v) is 2.72. The largest absolute Gasteiger partial charge is 0.395 e. The molecule has 2 N–H and O–H groups in total. The van der Waals surface area contributed by atoms with Crippen LogP contribution in [0.25, 0.3) is 0 Å². The Morgan fingerprint density at radius 3 is 2.67 bits per heavy atom. The second-order valence-electron chi connectivity index (χ2n) is 4.65. The molecule has 0 aromatic carbocycles. The molecule has 0 bridgehead atoms. The van der Waals surface area contributed by atoms with Gasteiger partial charge in [0.15, 0.2) is 0 Å². The number of hydrogen-bond acceptors (Lipinski definition) is 4. The standard InChI is InChI=1S/C13H19ClN2O2/c14-12-8-15-13(7-10(12)9-18)16(5-6-17)11-3-1-2-4-11/h7-8,11,17-18H,1-6,9H2. The van der Waals surface area contributed by atoms with E-state index in [-0.39, 0.29) is 13.2 Å². The maximum atomic E-state index is 9.24. The zero-order valence-corrected chi connectivity index (χ0v) is 11.1. The molecule has 0 spiro atoms. The first-order chi connectivity index (χ1) is 8.76. The average Bonchev–Trinajstić information content (AvgIpc) is 2.90. The summed E-state index contributed by atoms with van der Waals surface area (Å²) in [5.74, 6) is 0.796. The van der Waals surface area contributed by atoms with Gasteiger partial charge in [-0.15, -0.1) is 0 Å². The van der Waals surface area contributed by atoms with E-state index in [4.69, 9.17) is 11.6 Å². The minimum Gasteiger partial charge on any atom is -0.395 e. The number of rotatable bonds is 5. The third kappa shape index (κ3) is 2.94. The fourth-order valence-electron chi connectivity index (χ4n) is 2.55. The molecule has 100 valence electrons. The summed E-state index contributed by atoms with van der Waals surface area (Å²) in [5.41, 5.74) is 0.683. The molecular formula is C13H19ClN2O2. The predicted octanol–water partition coefficient (Wildman–Crippen LogP) is 1.97. The summed E-state index contributed by atoms with van der Waals surface area (Å²) in [7, 11) is 0. The van der Waals surface area contributed by atoms with Gasteiger partial charge in [0, 0.05) is 24.3 Å². The van der Waals surface area contributed by atoms with Crippen LogP contribution in [0.3, 0.4) is 0 Å². The summed E-state index contributed by atoms with van der Waals surface area (Å²) < 4.78 is 0. The van der Waals surface area contributed by atoms with Crippen molar-refractivity contribution < 1.29 is 10.2 Å². The van der Waals surface area contributed by atoms with Crippen LogP contribution in [-0.2, 0) is 6.61 Å². The van der Waals surface area contributed by atoms with Gasteiger partial charge in [0.2, 0.25) is 0 Å². The van der Waals surface area contributed by atoms with Crippen molar-refractivity contribution in [1.29, 1.82) is 0 Å². The number of nitrogens with zero attached hydrogens (tertiary/aromatic N) is 2. The summed E-state index contributed by atoms with van der Waals surface area (Å²) in [6.07, 6.45) is 6.30. The lowest BCUT2D eigenvalue weighted by Crippen LogP contribution is -2.36. The molecule has 5 heteroatoms. The van der Waals surface area contributed by atoms with Gasteiger partial charge in [-0.1, -0.05) is 24.4 Å². The lowest BCUT2D eigenvalue weighted by molar-refractivity contribution is 0.281. The molecule has 4 nitrogen and oxygen atoms in total. The highest BCUT2D eigenvalue weighted by Crippen LogP contribution is 2.28. The van der Waals surface area contributed by atoms with Crippen molar-refractivity contribution in [1.82, 2.24) is 4.98 Å². The number of anilines is 1. The van der Waals surface area contributed by atoms with E-state index in [0.29, 0.717) is 23.2 Å². The minimum atomic E-state index is -0.0913. The van der Waals surface area contributed by atoms with Gasteiger partial charge in [0.1, 0.15) is 5.82 Å². The van der Waals surface area contributed by atoms with Crippen LogP contribution in [-0.4, -0.2) is 34.4 Å². The van der Waals surface area contributed by atoms with Crippen LogP contribution < -0.4 is 4.90 Å². The maximum absolute atomic E-state index is 9.24. The summed E-state index contributed by atoms with van der Waals surface area (Å²) in [5, 5.41) is 18.9. The van der Waals surface area contributed by atoms with Crippen molar-refractivity contribution in [3.63, 3.8) is 0 Å². The van der Waals surface area contributed by atoms with E-state index in [2.05, 4.69) is 9.88 Å². The van der Waals surface area contributed by atoms with Gasteiger partial charge in [-0.2, -0.15) is 0 Å². The molecule has 2 rings (SSSR count).